The molecule has 0 saturated heterocycles. The molecule has 3 rings (SSSR count). The topological polar surface area (TPSA) is 74.1 Å². The lowest BCUT2D eigenvalue weighted by atomic mass is 10.2. The molecule has 100 valence electrons. The van der Waals surface area contributed by atoms with Gasteiger partial charge in [-0.3, -0.25) is 4.31 Å². The monoisotopic (exact) mass is 285 g/mol. The van der Waals surface area contributed by atoms with E-state index < -0.39 is 10.0 Å². The molecule has 0 radical (unpaired) electrons. The zero-order valence-electron chi connectivity index (χ0n) is 10.5. The second-order valence-corrected chi connectivity index (χ2v) is 6.25. The quantitative estimate of drug-likeness (QED) is 0.841. The molecule has 0 atom stereocenters. The van der Waals surface area contributed by atoms with Crippen molar-refractivity contribution in [2.24, 2.45) is 0 Å². The van der Waals surface area contributed by atoms with Gasteiger partial charge in [0.1, 0.15) is 11.0 Å². The summed E-state index contributed by atoms with van der Waals surface area (Å²) in [5.74, 6) is 0. The van der Waals surface area contributed by atoms with Crippen LogP contribution in [0.1, 0.15) is 11.3 Å². The molecule has 1 aromatic heterocycles. The predicted molar refractivity (Wildman–Crippen MR) is 73.6 cm³/mol. The van der Waals surface area contributed by atoms with Gasteiger partial charge in [0.25, 0.3) is 10.0 Å². The molecular weight excluding hydrogens is 274 g/mol. The maximum Gasteiger partial charge on any atom is 0.267 e. The van der Waals surface area contributed by atoms with Gasteiger partial charge in [0.05, 0.1) is 5.69 Å². The molecule has 5 nitrogen and oxygen atoms in total. The third-order valence-electron chi connectivity index (χ3n) is 3.29. The van der Waals surface area contributed by atoms with Crippen molar-refractivity contribution >= 4 is 15.7 Å². The molecule has 0 aliphatic carbocycles. The van der Waals surface area contributed by atoms with Crippen LogP contribution in [0.2, 0.25) is 0 Å². The van der Waals surface area contributed by atoms with Gasteiger partial charge in [0.2, 0.25) is 0 Å². The van der Waals surface area contributed by atoms with Crippen molar-refractivity contribution in [3.63, 3.8) is 0 Å². The van der Waals surface area contributed by atoms with Crippen molar-refractivity contribution in [2.75, 3.05) is 10.8 Å². The summed E-state index contributed by atoms with van der Waals surface area (Å²) in [4.78, 5) is 3.78. The van der Waals surface area contributed by atoms with Gasteiger partial charge in [0.15, 0.2) is 5.69 Å². The van der Waals surface area contributed by atoms with Gasteiger partial charge in [-0.05, 0) is 30.2 Å². The number of fused-ring (bicyclic) bond motifs is 1. The van der Waals surface area contributed by atoms with E-state index in [-0.39, 0.29) is 10.6 Å². The van der Waals surface area contributed by atoms with E-state index in [1.165, 1.54) is 22.6 Å². The van der Waals surface area contributed by atoms with Crippen LogP contribution in [-0.2, 0) is 16.4 Å². The van der Waals surface area contributed by atoms with Gasteiger partial charge in [-0.2, -0.15) is 5.26 Å². The molecular formula is C14H11N3O2S. The number of anilines is 1. The number of pyridine rings is 1. The molecule has 1 aliphatic heterocycles. The fraction of sp³-hybridized carbons (Fsp3) is 0.143. The third kappa shape index (κ3) is 1.84. The molecule has 0 amide bonds. The summed E-state index contributed by atoms with van der Waals surface area (Å²) in [7, 11) is -3.75. The van der Waals surface area contributed by atoms with E-state index in [1.54, 1.807) is 12.1 Å². The number of para-hydroxylation sites is 1. The minimum absolute atomic E-state index is 0.0424. The first-order chi connectivity index (χ1) is 9.64. The largest absolute Gasteiger partial charge is 0.267 e. The van der Waals surface area contributed by atoms with Crippen molar-refractivity contribution < 1.29 is 8.42 Å². The number of sulfonamides is 1. The Balaban J connectivity index is 2.14. The number of hydrogen-bond donors (Lipinski definition) is 0. The highest BCUT2D eigenvalue weighted by atomic mass is 32.2. The number of hydrogen-bond acceptors (Lipinski definition) is 4. The fourth-order valence-corrected chi connectivity index (χ4v) is 3.96. The molecule has 2 aromatic rings. The Hall–Kier alpha value is -2.39. The summed E-state index contributed by atoms with van der Waals surface area (Å²) < 4.78 is 26.8. The van der Waals surface area contributed by atoms with Crippen LogP contribution in [0.25, 0.3) is 0 Å². The van der Waals surface area contributed by atoms with Crippen molar-refractivity contribution in [2.45, 2.75) is 11.3 Å². The van der Waals surface area contributed by atoms with E-state index in [0.29, 0.717) is 18.7 Å². The highest BCUT2D eigenvalue weighted by Crippen LogP contribution is 2.33. The van der Waals surface area contributed by atoms with E-state index in [0.717, 1.165) is 5.56 Å². The molecule has 0 spiro atoms. The van der Waals surface area contributed by atoms with E-state index >= 15 is 0 Å². The minimum Gasteiger partial charge on any atom is -0.266 e. The van der Waals surface area contributed by atoms with Crippen LogP contribution in [0.3, 0.4) is 0 Å². The van der Waals surface area contributed by atoms with Crippen molar-refractivity contribution in [3.05, 3.63) is 53.9 Å². The first kappa shape index (κ1) is 12.6. The summed E-state index contributed by atoms with van der Waals surface area (Å²) in [5.41, 5.74) is 1.61. The molecule has 2 heterocycles. The van der Waals surface area contributed by atoms with Gasteiger partial charge in [-0.25, -0.2) is 13.4 Å². The van der Waals surface area contributed by atoms with E-state index in [2.05, 4.69) is 4.98 Å². The van der Waals surface area contributed by atoms with Gasteiger partial charge < -0.3 is 0 Å². The van der Waals surface area contributed by atoms with Crippen LogP contribution >= 0.6 is 0 Å². The second-order valence-electron chi connectivity index (χ2n) is 4.42. The maximum atomic E-state index is 12.7. The van der Waals surface area contributed by atoms with Crippen LogP contribution in [0.5, 0.6) is 0 Å². The lowest BCUT2D eigenvalue weighted by Crippen LogP contribution is -2.29. The Morgan fingerprint density at radius 2 is 2.00 bits per heavy atom. The first-order valence-electron chi connectivity index (χ1n) is 6.10. The first-order valence-corrected chi connectivity index (χ1v) is 7.54. The summed E-state index contributed by atoms with van der Waals surface area (Å²) in [6, 6.07) is 12.2. The molecule has 0 fully saturated rings. The average molecular weight is 285 g/mol. The predicted octanol–water partition coefficient (Wildman–Crippen LogP) is 1.70. The van der Waals surface area contributed by atoms with Gasteiger partial charge in [0, 0.05) is 12.7 Å². The SMILES string of the molecule is N#Cc1ncccc1S(=O)(=O)N1CCc2ccccc21. The van der Waals surface area contributed by atoms with E-state index in [4.69, 9.17) is 5.26 Å². The van der Waals surface area contributed by atoms with E-state index in [1.807, 2.05) is 18.2 Å². The normalized spacial score (nSPS) is 13.8. The third-order valence-corrected chi connectivity index (χ3v) is 5.13. The Morgan fingerprint density at radius 3 is 2.80 bits per heavy atom. The molecule has 0 bridgehead atoms. The second kappa shape index (κ2) is 4.62. The Kier molecular flexibility index (Phi) is 2.92. The highest BCUT2D eigenvalue weighted by Gasteiger charge is 2.32. The number of nitrogens with zero attached hydrogens (tertiary/aromatic N) is 3. The zero-order chi connectivity index (χ0) is 14.2. The Morgan fingerprint density at radius 1 is 1.20 bits per heavy atom. The Bertz CT molecular complexity index is 809. The molecule has 1 aromatic carbocycles. The number of rotatable bonds is 2. The molecule has 0 saturated carbocycles. The minimum atomic E-state index is -3.75. The van der Waals surface area contributed by atoms with Gasteiger partial charge in [-0.15, -0.1) is 0 Å². The highest BCUT2D eigenvalue weighted by molar-refractivity contribution is 7.93. The summed E-state index contributed by atoms with van der Waals surface area (Å²) in [6.07, 6.45) is 2.09. The van der Waals surface area contributed by atoms with Crippen molar-refractivity contribution in [3.8, 4) is 6.07 Å². The lowest BCUT2D eigenvalue weighted by Gasteiger charge is -2.19. The maximum absolute atomic E-state index is 12.7. The number of aromatic nitrogens is 1. The lowest BCUT2D eigenvalue weighted by molar-refractivity contribution is 0.591. The standard InChI is InChI=1S/C14H11N3O2S/c15-10-12-14(6-3-8-16-12)20(18,19)17-9-7-11-4-1-2-5-13(11)17/h1-6,8H,7,9H2. The molecule has 1 aliphatic rings. The van der Waals surface area contributed by atoms with Gasteiger partial charge in [-0.1, -0.05) is 18.2 Å². The summed E-state index contributed by atoms with van der Waals surface area (Å²) >= 11 is 0. The van der Waals surface area contributed by atoms with Crippen LogP contribution in [0, 0.1) is 11.3 Å². The van der Waals surface area contributed by atoms with Crippen molar-refractivity contribution in [1.82, 2.24) is 4.98 Å². The fourth-order valence-electron chi connectivity index (χ4n) is 2.36. The zero-order valence-corrected chi connectivity index (χ0v) is 11.3. The number of nitriles is 1. The van der Waals surface area contributed by atoms with Crippen LogP contribution in [0.4, 0.5) is 5.69 Å². The van der Waals surface area contributed by atoms with Crippen LogP contribution in [0.15, 0.2) is 47.5 Å². The smallest absolute Gasteiger partial charge is 0.266 e. The van der Waals surface area contributed by atoms with Crippen molar-refractivity contribution in [1.29, 1.82) is 5.26 Å². The molecule has 0 unspecified atom stereocenters. The van der Waals surface area contributed by atoms with E-state index in [9.17, 15) is 8.42 Å². The summed E-state index contributed by atoms with van der Waals surface area (Å²) in [6.45, 7) is 0.390. The van der Waals surface area contributed by atoms with Crippen LogP contribution < -0.4 is 4.31 Å². The molecule has 20 heavy (non-hydrogen) atoms. The van der Waals surface area contributed by atoms with Gasteiger partial charge >= 0.3 is 0 Å². The summed E-state index contributed by atoms with van der Waals surface area (Å²) in [5, 5.41) is 9.02. The Labute approximate surface area is 117 Å². The molecule has 0 N–H and O–H groups in total. The van der Waals surface area contributed by atoms with Crippen LogP contribution in [-0.4, -0.2) is 19.9 Å². The molecule has 6 heteroatoms. The number of benzene rings is 1. The average Bonchev–Trinajstić information content (AvgIpc) is 2.92.